The van der Waals surface area contributed by atoms with Crippen molar-refractivity contribution in [2.45, 2.75) is 84.2 Å². The van der Waals surface area contributed by atoms with Crippen molar-refractivity contribution in [2.75, 3.05) is 19.8 Å². The van der Waals surface area contributed by atoms with Gasteiger partial charge in [-0.3, -0.25) is 14.4 Å². The maximum Gasteiger partial charge on any atom is 0.313 e. The Hall–Kier alpha value is -2.19. The summed E-state index contributed by atoms with van der Waals surface area (Å²) in [5.41, 5.74) is -1.83. The first-order valence-corrected chi connectivity index (χ1v) is 12.7. The molecule has 35 heavy (non-hydrogen) atoms. The Balaban J connectivity index is 1.86. The fourth-order valence-electron chi connectivity index (χ4n) is 6.82. The van der Waals surface area contributed by atoms with E-state index in [0.717, 1.165) is 6.42 Å². The Morgan fingerprint density at radius 2 is 1.80 bits per heavy atom. The van der Waals surface area contributed by atoms with E-state index in [2.05, 4.69) is 20.8 Å². The molecule has 0 bridgehead atoms. The second-order valence-corrected chi connectivity index (χ2v) is 12.5. The van der Waals surface area contributed by atoms with E-state index < -0.39 is 47.1 Å². The van der Waals surface area contributed by atoms with Crippen molar-refractivity contribution in [3.8, 4) is 0 Å². The Morgan fingerprint density at radius 1 is 1.11 bits per heavy atom. The van der Waals surface area contributed by atoms with Crippen molar-refractivity contribution in [1.82, 2.24) is 9.80 Å². The third kappa shape index (κ3) is 4.12. The number of likely N-dealkylation sites (tertiary alicyclic amines) is 1. The minimum atomic E-state index is -1.31. The fraction of sp³-hybridized carbons (Fsp3) is 0.741. The van der Waals surface area contributed by atoms with Gasteiger partial charge < -0.3 is 24.4 Å². The molecule has 1 N–H and O–H groups in total. The summed E-state index contributed by atoms with van der Waals surface area (Å²) in [6.45, 7) is 14.6. The molecule has 0 aromatic carbocycles. The van der Waals surface area contributed by atoms with Crippen LogP contribution in [-0.2, 0) is 23.9 Å². The van der Waals surface area contributed by atoms with Crippen LogP contribution in [0.3, 0.4) is 0 Å². The Bertz CT molecular complexity index is 948. The SMILES string of the molecule is CC(C)[C@H](CO)N1C(=O)[C@@H]2[C@H]3C(=O)OCC=C[C@H]3O[C@@]23C=CCN(C(C)(C)CC(C)(C)C)C(=O)C13. The van der Waals surface area contributed by atoms with E-state index in [9.17, 15) is 19.5 Å². The van der Waals surface area contributed by atoms with Crippen molar-refractivity contribution in [1.29, 1.82) is 0 Å². The maximum atomic E-state index is 14.4. The third-order valence-electron chi connectivity index (χ3n) is 7.86. The molecule has 2 saturated heterocycles. The summed E-state index contributed by atoms with van der Waals surface area (Å²) in [4.78, 5) is 44.9. The molecule has 0 aliphatic carbocycles. The first kappa shape index (κ1) is 25.9. The Kier molecular flexibility index (Phi) is 6.46. The predicted molar refractivity (Wildman–Crippen MR) is 130 cm³/mol. The Labute approximate surface area is 208 Å². The number of rotatable bonds is 5. The zero-order valence-electron chi connectivity index (χ0n) is 22.0. The fourth-order valence-corrected chi connectivity index (χ4v) is 6.82. The molecule has 2 fully saturated rings. The van der Waals surface area contributed by atoms with Crippen LogP contribution < -0.4 is 0 Å². The highest BCUT2D eigenvalue weighted by atomic mass is 16.6. The standard InChI is InChI=1S/C27H40N2O6/c1-16(2)17(14-30)29-21-23(32)28(26(6,7)15-25(3,4)5)12-9-11-27(21)20(22(29)31)19-18(35-27)10-8-13-34-24(19)33/h8-11,16-21,30H,12-15H2,1-7H3/t17-,18+,19-,20-,21?,27-/m0/s1. The average Bonchev–Trinajstić information content (AvgIpc) is 3.01. The smallest absolute Gasteiger partial charge is 0.313 e. The van der Waals surface area contributed by atoms with Gasteiger partial charge in [-0.25, -0.2) is 0 Å². The first-order chi connectivity index (χ1) is 16.2. The van der Waals surface area contributed by atoms with Gasteiger partial charge in [0.2, 0.25) is 11.8 Å². The molecule has 4 aliphatic rings. The number of carbonyl (C=O) groups excluding carboxylic acids is 3. The number of aliphatic hydroxyl groups excluding tert-OH is 1. The van der Waals surface area contributed by atoms with Crippen LogP contribution in [-0.4, -0.2) is 81.8 Å². The normalized spacial score (nSPS) is 33.9. The van der Waals surface area contributed by atoms with E-state index in [4.69, 9.17) is 9.47 Å². The molecule has 4 aliphatic heterocycles. The van der Waals surface area contributed by atoms with E-state index in [-0.39, 0.29) is 36.4 Å². The van der Waals surface area contributed by atoms with Crippen molar-refractivity contribution in [3.63, 3.8) is 0 Å². The number of nitrogens with zero attached hydrogens (tertiary/aromatic N) is 2. The summed E-state index contributed by atoms with van der Waals surface area (Å²) in [7, 11) is 0. The van der Waals surface area contributed by atoms with E-state index >= 15 is 0 Å². The molecule has 2 amide bonds. The minimum Gasteiger partial charge on any atom is -0.461 e. The van der Waals surface area contributed by atoms with Gasteiger partial charge in [0.25, 0.3) is 0 Å². The lowest BCUT2D eigenvalue weighted by molar-refractivity contribution is -0.157. The van der Waals surface area contributed by atoms with Gasteiger partial charge in [-0.2, -0.15) is 0 Å². The van der Waals surface area contributed by atoms with Crippen LogP contribution in [0.4, 0.5) is 0 Å². The summed E-state index contributed by atoms with van der Waals surface area (Å²) in [5.74, 6) is -2.88. The Morgan fingerprint density at radius 3 is 2.40 bits per heavy atom. The van der Waals surface area contributed by atoms with E-state index in [1.165, 1.54) is 4.90 Å². The topological polar surface area (TPSA) is 96.4 Å². The van der Waals surface area contributed by atoms with Crippen LogP contribution in [0.5, 0.6) is 0 Å². The third-order valence-corrected chi connectivity index (χ3v) is 7.86. The predicted octanol–water partition coefficient (Wildman–Crippen LogP) is 2.31. The molecule has 8 nitrogen and oxygen atoms in total. The minimum absolute atomic E-state index is 0.0254. The molecule has 0 radical (unpaired) electrons. The maximum absolute atomic E-state index is 14.4. The van der Waals surface area contributed by atoms with Crippen molar-refractivity contribution in [3.05, 3.63) is 24.3 Å². The van der Waals surface area contributed by atoms with Gasteiger partial charge in [0.15, 0.2) is 0 Å². The summed E-state index contributed by atoms with van der Waals surface area (Å²) >= 11 is 0. The number of cyclic esters (lactones) is 1. The van der Waals surface area contributed by atoms with Crippen LogP contribution in [0.1, 0.15) is 54.9 Å². The van der Waals surface area contributed by atoms with Gasteiger partial charge in [0.1, 0.15) is 24.2 Å². The number of carbonyl (C=O) groups is 3. The highest BCUT2D eigenvalue weighted by molar-refractivity contribution is 5.99. The summed E-state index contributed by atoms with van der Waals surface area (Å²) < 4.78 is 11.9. The zero-order chi connectivity index (χ0) is 25.9. The lowest BCUT2D eigenvalue weighted by atomic mass is 9.77. The van der Waals surface area contributed by atoms with Crippen LogP contribution in [0.15, 0.2) is 24.3 Å². The summed E-state index contributed by atoms with van der Waals surface area (Å²) in [6.07, 6.45) is 7.33. The number of fused-ring (bicyclic) bond motifs is 2. The molecule has 6 atom stereocenters. The number of esters is 1. The van der Waals surface area contributed by atoms with E-state index in [0.29, 0.717) is 6.54 Å². The number of amides is 2. The van der Waals surface area contributed by atoms with Crippen LogP contribution in [0.2, 0.25) is 0 Å². The van der Waals surface area contributed by atoms with Crippen LogP contribution >= 0.6 is 0 Å². The average molecular weight is 489 g/mol. The molecule has 194 valence electrons. The molecule has 0 aromatic rings. The lowest BCUT2D eigenvalue weighted by Crippen LogP contribution is -2.62. The van der Waals surface area contributed by atoms with Gasteiger partial charge in [0.05, 0.1) is 24.7 Å². The zero-order valence-corrected chi connectivity index (χ0v) is 22.0. The quantitative estimate of drug-likeness (QED) is 0.471. The molecular weight excluding hydrogens is 448 g/mol. The van der Waals surface area contributed by atoms with Gasteiger partial charge >= 0.3 is 5.97 Å². The second kappa shape index (κ2) is 8.73. The molecular formula is C27H40N2O6. The summed E-state index contributed by atoms with van der Waals surface area (Å²) in [6, 6.07) is -1.57. The monoisotopic (exact) mass is 488 g/mol. The van der Waals surface area contributed by atoms with Crippen molar-refractivity contribution in [2.24, 2.45) is 23.2 Å². The largest absolute Gasteiger partial charge is 0.461 e. The molecule has 0 saturated carbocycles. The van der Waals surface area contributed by atoms with Gasteiger partial charge in [0, 0.05) is 12.1 Å². The van der Waals surface area contributed by atoms with E-state index in [1.54, 1.807) is 12.2 Å². The second-order valence-electron chi connectivity index (χ2n) is 12.5. The van der Waals surface area contributed by atoms with Crippen molar-refractivity contribution < 1.29 is 29.0 Å². The van der Waals surface area contributed by atoms with Crippen molar-refractivity contribution >= 4 is 17.8 Å². The number of hydrogen-bond donors (Lipinski definition) is 1. The molecule has 4 rings (SSSR count). The molecule has 0 aromatic heterocycles. The van der Waals surface area contributed by atoms with Crippen LogP contribution in [0, 0.1) is 23.2 Å². The van der Waals surface area contributed by atoms with Gasteiger partial charge in [-0.05, 0) is 37.7 Å². The highest BCUT2D eigenvalue weighted by Crippen LogP contribution is 2.54. The van der Waals surface area contributed by atoms with E-state index in [1.807, 2.05) is 44.7 Å². The van der Waals surface area contributed by atoms with Gasteiger partial charge in [-0.1, -0.05) is 52.8 Å². The summed E-state index contributed by atoms with van der Waals surface area (Å²) in [5, 5.41) is 10.3. The van der Waals surface area contributed by atoms with Gasteiger partial charge in [-0.15, -0.1) is 0 Å². The lowest BCUT2D eigenvalue weighted by Gasteiger charge is -2.45. The molecule has 1 spiro atoms. The first-order valence-electron chi connectivity index (χ1n) is 12.7. The molecule has 1 unspecified atom stereocenters. The molecule has 8 heteroatoms. The highest BCUT2D eigenvalue weighted by Gasteiger charge is 2.73. The number of hydrogen-bond acceptors (Lipinski definition) is 6. The number of aliphatic hydroxyl groups is 1. The number of ether oxygens (including phenoxy) is 2. The van der Waals surface area contributed by atoms with Crippen LogP contribution in [0.25, 0.3) is 0 Å². The molecule has 4 heterocycles.